The Labute approximate surface area is 114 Å². The minimum Gasteiger partial charge on any atom is -0.360 e. The number of anilines is 1. The highest BCUT2D eigenvalue weighted by Crippen LogP contribution is 2.20. The van der Waals surface area contributed by atoms with Crippen molar-refractivity contribution in [3.05, 3.63) is 28.5 Å². The van der Waals surface area contributed by atoms with Gasteiger partial charge in [0.15, 0.2) is 5.11 Å². The van der Waals surface area contributed by atoms with Crippen molar-refractivity contribution in [2.75, 3.05) is 5.32 Å². The van der Waals surface area contributed by atoms with E-state index in [-0.39, 0.29) is 5.82 Å². The van der Waals surface area contributed by atoms with Gasteiger partial charge in [0, 0.05) is 11.7 Å². The first kappa shape index (κ1) is 12.8. The number of benzene rings is 1. The van der Waals surface area contributed by atoms with Gasteiger partial charge in [-0.25, -0.2) is 4.39 Å². The number of rotatable bonds is 2. The summed E-state index contributed by atoms with van der Waals surface area (Å²) in [5, 5.41) is 6.81. The van der Waals surface area contributed by atoms with Crippen molar-refractivity contribution in [3.63, 3.8) is 0 Å². The predicted octanol–water partition coefficient (Wildman–Crippen LogP) is 3.82. The molecule has 2 nitrogen and oxygen atoms in total. The first-order chi connectivity index (χ1) is 8.15. The van der Waals surface area contributed by atoms with Crippen LogP contribution in [0.25, 0.3) is 0 Å². The van der Waals surface area contributed by atoms with E-state index in [1.54, 1.807) is 12.1 Å². The summed E-state index contributed by atoms with van der Waals surface area (Å²) in [6.45, 7) is 0. The molecule has 0 aliphatic heterocycles. The molecule has 5 heteroatoms. The van der Waals surface area contributed by atoms with Crippen LogP contribution in [-0.2, 0) is 0 Å². The molecule has 0 heterocycles. The maximum Gasteiger partial charge on any atom is 0.170 e. The van der Waals surface area contributed by atoms with Crippen LogP contribution in [0.5, 0.6) is 0 Å². The Morgan fingerprint density at radius 3 is 2.71 bits per heavy atom. The van der Waals surface area contributed by atoms with Crippen LogP contribution in [0.1, 0.15) is 25.7 Å². The zero-order chi connectivity index (χ0) is 12.3. The van der Waals surface area contributed by atoms with Crippen molar-refractivity contribution >= 4 is 38.9 Å². The summed E-state index contributed by atoms with van der Waals surface area (Å²) in [6, 6.07) is 5.34. The van der Waals surface area contributed by atoms with Crippen LogP contribution in [0.15, 0.2) is 22.7 Å². The SMILES string of the molecule is Fc1cc(NC(=S)NC2CCCC2)ccc1Br. The van der Waals surface area contributed by atoms with Crippen LogP contribution in [0, 0.1) is 5.82 Å². The molecule has 1 aromatic carbocycles. The molecule has 0 radical (unpaired) electrons. The normalized spacial score (nSPS) is 15.9. The van der Waals surface area contributed by atoms with Crippen LogP contribution < -0.4 is 10.6 Å². The Kier molecular flexibility index (Phi) is 4.34. The fraction of sp³-hybridized carbons (Fsp3) is 0.417. The quantitative estimate of drug-likeness (QED) is 0.811. The van der Waals surface area contributed by atoms with Gasteiger partial charge < -0.3 is 10.6 Å². The average molecular weight is 317 g/mol. The minimum absolute atomic E-state index is 0.293. The summed E-state index contributed by atoms with van der Waals surface area (Å²) >= 11 is 8.31. The van der Waals surface area contributed by atoms with E-state index >= 15 is 0 Å². The van der Waals surface area contributed by atoms with Crippen LogP contribution in [0.2, 0.25) is 0 Å². The zero-order valence-corrected chi connectivity index (χ0v) is 11.7. The second kappa shape index (κ2) is 5.78. The first-order valence-corrected chi connectivity index (χ1v) is 6.88. The van der Waals surface area contributed by atoms with Crippen LogP contribution in [0.4, 0.5) is 10.1 Å². The van der Waals surface area contributed by atoms with E-state index in [1.165, 1.54) is 18.9 Å². The highest BCUT2D eigenvalue weighted by Gasteiger charge is 2.15. The summed E-state index contributed by atoms with van der Waals surface area (Å²) in [5.41, 5.74) is 0.668. The maximum atomic E-state index is 13.3. The largest absolute Gasteiger partial charge is 0.360 e. The smallest absolute Gasteiger partial charge is 0.170 e. The third-order valence-electron chi connectivity index (χ3n) is 2.87. The van der Waals surface area contributed by atoms with Crippen molar-refractivity contribution in [2.24, 2.45) is 0 Å². The molecule has 0 atom stereocenters. The van der Waals surface area contributed by atoms with Gasteiger partial charge in [0.1, 0.15) is 5.82 Å². The van der Waals surface area contributed by atoms with Gasteiger partial charge in [0.25, 0.3) is 0 Å². The van der Waals surface area contributed by atoms with Gasteiger partial charge in [-0.2, -0.15) is 0 Å². The highest BCUT2D eigenvalue weighted by atomic mass is 79.9. The molecule has 2 rings (SSSR count). The molecule has 2 N–H and O–H groups in total. The van der Waals surface area contributed by atoms with Crippen LogP contribution in [-0.4, -0.2) is 11.2 Å². The molecule has 0 aromatic heterocycles. The van der Waals surface area contributed by atoms with E-state index in [4.69, 9.17) is 12.2 Å². The number of thiocarbonyl (C=S) groups is 1. The number of hydrogen-bond acceptors (Lipinski definition) is 1. The number of hydrogen-bond donors (Lipinski definition) is 2. The molecule has 17 heavy (non-hydrogen) atoms. The van der Waals surface area contributed by atoms with Crippen molar-refractivity contribution in [1.82, 2.24) is 5.32 Å². The van der Waals surface area contributed by atoms with Crippen molar-refractivity contribution < 1.29 is 4.39 Å². The highest BCUT2D eigenvalue weighted by molar-refractivity contribution is 9.10. The molecule has 1 saturated carbocycles. The minimum atomic E-state index is -0.293. The lowest BCUT2D eigenvalue weighted by Crippen LogP contribution is -2.35. The topological polar surface area (TPSA) is 24.1 Å². The molecule has 1 aromatic rings. The summed E-state index contributed by atoms with van der Waals surface area (Å²) < 4.78 is 13.7. The lowest BCUT2D eigenvalue weighted by atomic mass is 10.2. The third kappa shape index (κ3) is 3.64. The van der Waals surface area contributed by atoms with Gasteiger partial charge in [-0.05, 0) is 59.2 Å². The van der Waals surface area contributed by atoms with E-state index in [1.807, 2.05) is 0 Å². The summed E-state index contributed by atoms with van der Waals surface area (Å²) in [5.74, 6) is -0.293. The Balaban J connectivity index is 1.90. The van der Waals surface area contributed by atoms with Gasteiger partial charge in [-0.3, -0.25) is 0 Å². The van der Waals surface area contributed by atoms with Crippen LogP contribution >= 0.6 is 28.1 Å². The van der Waals surface area contributed by atoms with Gasteiger partial charge >= 0.3 is 0 Å². The lowest BCUT2D eigenvalue weighted by molar-refractivity contribution is 0.621. The molecule has 0 amide bonds. The van der Waals surface area contributed by atoms with Gasteiger partial charge in [0.2, 0.25) is 0 Å². The first-order valence-electron chi connectivity index (χ1n) is 5.68. The van der Waals surface area contributed by atoms with Gasteiger partial charge in [-0.15, -0.1) is 0 Å². The summed E-state index contributed by atoms with van der Waals surface area (Å²) in [6.07, 6.45) is 4.84. The molecule has 0 saturated heterocycles. The zero-order valence-electron chi connectivity index (χ0n) is 9.30. The second-order valence-corrected chi connectivity index (χ2v) is 5.47. The van der Waals surface area contributed by atoms with Crippen molar-refractivity contribution in [3.8, 4) is 0 Å². The molecule has 1 aliphatic rings. The Morgan fingerprint density at radius 1 is 1.35 bits per heavy atom. The summed E-state index contributed by atoms with van der Waals surface area (Å²) in [4.78, 5) is 0. The van der Waals surface area contributed by atoms with Crippen LogP contribution in [0.3, 0.4) is 0 Å². The standard InChI is InChI=1S/C12H14BrFN2S/c13-10-6-5-9(7-11(10)14)16-12(17)15-8-3-1-2-4-8/h5-8H,1-4H2,(H2,15,16,17). The number of halogens is 2. The Morgan fingerprint density at radius 2 is 2.06 bits per heavy atom. The molecule has 0 unspecified atom stereocenters. The molecular formula is C12H14BrFN2S. The molecular weight excluding hydrogens is 303 g/mol. The Hall–Kier alpha value is -0.680. The van der Waals surface area contributed by atoms with E-state index in [0.29, 0.717) is 21.3 Å². The van der Waals surface area contributed by atoms with E-state index in [2.05, 4.69) is 26.6 Å². The fourth-order valence-electron chi connectivity index (χ4n) is 2.00. The molecule has 1 aliphatic carbocycles. The van der Waals surface area contributed by atoms with E-state index < -0.39 is 0 Å². The van der Waals surface area contributed by atoms with Gasteiger partial charge in [-0.1, -0.05) is 12.8 Å². The third-order valence-corrected chi connectivity index (χ3v) is 3.73. The predicted molar refractivity (Wildman–Crippen MR) is 75.7 cm³/mol. The van der Waals surface area contributed by atoms with E-state index in [0.717, 1.165) is 12.8 Å². The summed E-state index contributed by atoms with van der Waals surface area (Å²) in [7, 11) is 0. The average Bonchev–Trinajstić information content (AvgIpc) is 2.76. The lowest BCUT2D eigenvalue weighted by Gasteiger charge is -2.15. The van der Waals surface area contributed by atoms with Gasteiger partial charge in [0.05, 0.1) is 4.47 Å². The monoisotopic (exact) mass is 316 g/mol. The molecule has 92 valence electrons. The van der Waals surface area contributed by atoms with E-state index in [9.17, 15) is 4.39 Å². The number of nitrogens with one attached hydrogen (secondary N) is 2. The molecule has 0 spiro atoms. The second-order valence-electron chi connectivity index (χ2n) is 4.21. The molecule has 1 fully saturated rings. The molecule has 0 bridgehead atoms. The van der Waals surface area contributed by atoms with Crippen molar-refractivity contribution in [1.29, 1.82) is 0 Å². The fourth-order valence-corrected chi connectivity index (χ4v) is 2.53. The maximum absolute atomic E-state index is 13.3. The Bertz CT molecular complexity index is 419. The van der Waals surface area contributed by atoms with Crippen molar-refractivity contribution in [2.45, 2.75) is 31.7 Å².